The topological polar surface area (TPSA) is 84.2 Å². The zero-order valence-electron chi connectivity index (χ0n) is 9.23. The van der Waals surface area contributed by atoms with Crippen LogP contribution in [0.1, 0.15) is 19.8 Å². The summed E-state index contributed by atoms with van der Waals surface area (Å²) in [7, 11) is -3.47. The van der Waals surface area contributed by atoms with E-state index < -0.39 is 10.0 Å². The van der Waals surface area contributed by atoms with Gasteiger partial charge in [-0.15, -0.1) is 0 Å². The van der Waals surface area contributed by atoms with Crippen LogP contribution in [0.5, 0.6) is 0 Å². The van der Waals surface area contributed by atoms with Gasteiger partial charge in [-0.3, -0.25) is 5.84 Å². The number of unbranched alkanes of at least 4 members (excludes halogenated alkanes) is 1. The first-order valence-corrected chi connectivity index (χ1v) is 6.65. The van der Waals surface area contributed by atoms with Gasteiger partial charge in [-0.2, -0.15) is 0 Å². The summed E-state index contributed by atoms with van der Waals surface area (Å²) in [6, 6.07) is 6.52. The monoisotopic (exact) mass is 243 g/mol. The molecule has 0 aromatic heterocycles. The van der Waals surface area contributed by atoms with E-state index in [1.54, 1.807) is 18.2 Å². The first-order chi connectivity index (χ1) is 7.61. The van der Waals surface area contributed by atoms with E-state index in [2.05, 4.69) is 10.1 Å². The molecule has 0 bridgehead atoms. The number of hydrazine groups is 1. The largest absolute Gasteiger partial charge is 0.323 e. The Morgan fingerprint density at radius 3 is 2.62 bits per heavy atom. The van der Waals surface area contributed by atoms with Crippen LogP contribution in [-0.2, 0) is 10.0 Å². The highest BCUT2D eigenvalue weighted by Crippen LogP contribution is 2.19. The van der Waals surface area contributed by atoms with Gasteiger partial charge in [0.05, 0.1) is 5.69 Å². The third-order valence-electron chi connectivity index (χ3n) is 2.15. The Kier molecular flexibility index (Phi) is 4.72. The van der Waals surface area contributed by atoms with Crippen molar-refractivity contribution in [2.75, 3.05) is 12.0 Å². The van der Waals surface area contributed by atoms with Gasteiger partial charge in [-0.1, -0.05) is 25.5 Å². The van der Waals surface area contributed by atoms with Crippen molar-refractivity contribution in [1.82, 2.24) is 4.72 Å². The molecule has 0 amide bonds. The third kappa shape index (κ3) is 3.19. The lowest BCUT2D eigenvalue weighted by atomic mass is 10.3. The van der Waals surface area contributed by atoms with E-state index in [1.807, 2.05) is 6.92 Å². The molecule has 1 aromatic rings. The van der Waals surface area contributed by atoms with E-state index in [1.165, 1.54) is 6.07 Å². The number of nitrogens with two attached hydrogens (primary N) is 1. The van der Waals surface area contributed by atoms with E-state index in [9.17, 15) is 8.42 Å². The number of hydrogen-bond donors (Lipinski definition) is 3. The summed E-state index contributed by atoms with van der Waals surface area (Å²) in [4.78, 5) is 0.175. The lowest BCUT2D eigenvalue weighted by Gasteiger charge is -2.10. The summed E-state index contributed by atoms with van der Waals surface area (Å²) in [6.07, 6.45) is 1.76. The average Bonchev–Trinajstić information content (AvgIpc) is 2.29. The number of sulfonamides is 1. The van der Waals surface area contributed by atoms with Crippen molar-refractivity contribution in [3.05, 3.63) is 24.3 Å². The SMILES string of the molecule is CCCCNS(=O)(=O)c1ccccc1NN. The van der Waals surface area contributed by atoms with E-state index in [0.29, 0.717) is 12.2 Å². The van der Waals surface area contributed by atoms with E-state index in [-0.39, 0.29) is 4.90 Å². The number of para-hydroxylation sites is 1. The van der Waals surface area contributed by atoms with Crippen molar-refractivity contribution < 1.29 is 8.42 Å². The molecule has 0 radical (unpaired) electrons. The zero-order chi connectivity index (χ0) is 12.0. The smallest absolute Gasteiger partial charge is 0.242 e. The molecular weight excluding hydrogens is 226 g/mol. The van der Waals surface area contributed by atoms with Crippen LogP contribution in [0.25, 0.3) is 0 Å². The molecule has 0 saturated carbocycles. The molecule has 0 heterocycles. The Balaban J connectivity index is 2.89. The van der Waals surface area contributed by atoms with Crippen LogP contribution < -0.4 is 16.0 Å². The number of rotatable bonds is 6. The van der Waals surface area contributed by atoms with Crippen LogP contribution in [0.2, 0.25) is 0 Å². The minimum atomic E-state index is -3.47. The molecule has 0 spiro atoms. The van der Waals surface area contributed by atoms with Crippen molar-refractivity contribution >= 4 is 15.7 Å². The molecule has 0 aliphatic heterocycles. The molecule has 1 aromatic carbocycles. The van der Waals surface area contributed by atoms with Gasteiger partial charge in [0.1, 0.15) is 4.90 Å². The molecule has 6 heteroatoms. The molecule has 0 aliphatic carbocycles. The second-order valence-corrected chi connectivity index (χ2v) is 5.13. The molecule has 0 saturated heterocycles. The summed E-state index contributed by atoms with van der Waals surface area (Å²) in [6.45, 7) is 2.45. The maximum atomic E-state index is 11.9. The van der Waals surface area contributed by atoms with E-state index >= 15 is 0 Å². The Morgan fingerprint density at radius 2 is 2.00 bits per heavy atom. The highest BCUT2D eigenvalue weighted by molar-refractivity contribution is 7.89. The van der Waals surface area contributed by atoms with Gasteiger partial charge in [0.15, 0.2) is 0 Å². The molecule has 16 heavy (non-hydrogen) atoms. The second-order valence-electron chi connectivity index (χ2n) is 3.39. The summed E-state index contributed by atoms with van der Waals surface area (Å²) in [5.41, 5.74) is 2.77. The third-order valence-corrected chi connectivity index (χ3v) is 3.67. The Bertz CT molecular complexity index is 431. The van der Waals surface area contributed by atoms with Gasteiger partial charge in [-0.05, 0) is 18.6 Å². The average molecular weight is 243 g/mol. The molecule has 1 rings (SSSR count). The first-order valence-electron chi connectivity index (χ1n) is 5.17. The molecule has 0 unspecified atom stereocenters. The lowest BCUT2D eigenvalue weighted by molar-refractivity contribution is 0.578. The van der Waals surface area contributed by atoms with Gasteiger partial charge in [0.2, 0.25) is 10.0 Å². The maximum Gasteiger partial charge on any atom is 0.242 e. The summed E-state index contributed by atoms with van der Waals surface area (Å²) in [5.74, 6) is 5.26. The normalized spacial score (nSPS) is 11.4. The van der Waals surface area contributed by atoms with Crippen molar-refractivity contribution in [2.45, 2.75) is 24.7 Å². The van der Waals surface area contributed by atoms with Gasteiger partial charge >= 0.3 is 0 Å². The Morgan fingerprint density at radius 1 is 1.31 bits per heavy atom. The standard InChI is InChI=1S/C10H17N3O2S/c1-2-3-8-12-16(14,15)10-7-5-4-6-9(10)13-11/h4-7,12-13H,2-3,8,11H2,1H3. The van der Waals surface area contributed by atoms with Gasteiger partial charge in [-0.25, -0.2) is 13.1 Å². The number of nitrogens with one attached hydrogen (secondary N) is 2. The highest BCUT2D eigenvalue weighted by Gasteiger charge is 2.16. The second kappa shape index (κ2) is 5.83. The molecule has 0 fully saturated rings. The minimum absolute atomic E-state index is 0.175. The van der Waals surface area contributed by atoms with Crippen molar-refractivity contribution in [1.29, 1.82) is 0 Å². The molecular formula is C10H17N3O2S. The molecule has 90 valence electrons. The fourth-order valence-corrected chi connectivity index (χ4v) is 2.52. The highest BCUT2D eigenvalue weighted by atomic mass is 32.2. The first kappa shape index (κ1) is 13.0. The van der Waals surface area contributed by atoms with Crippen molar-refractivity contribution in [3.63, 3.8) is 0 Å². The summed E-state index contributed by atoms with van der Waals surface area (Å²) < 4.78 is 26.3. The maximum absolute atomic E-state index is 11.9. The van der Waals surface area contributed by atoms with Gasteiger partial charge < -0.3 is 5.43 Å². The van der Waals surface area contributed by atoms with E-state index in [4.69, 9.17) is 5.84 Å². The number of benzene rings is 1. The van der Waals surface area contributed by atoms with E-state index in [0.717, 1.165) is 12.8 Å². The zero-order valence-corrected chi connectivity index (χ0v) is 10.0. The Hall–Kier alpha value is -1.11. The summed E-state index contributed by atoms with van der Waals surface area (Å²) >= 11 is 0. The quantitative estimate of drug-likeness (QED) is 0.396. The van der Waals surface area contributed by atoms with Crippen LogP contribution in [0.3, 0.4) is 0 Å². The van der Waals surface area contributed by atoms with Gasteiger partial charge in [0, 0.05) is 6.54 Å². The van der Waals surface area contributed by atoms with Crippen LogP contribution in [0.4, 0.5) is 5.69 Å². The molecule has 4 N–H and O–H groups in total. The molecule has 5 nitrogen and oxygen atoms in total. The lowest BCUT2D eigenvalue weighted by Crippen LogP contribution is -2.26. The van der Waals surface area contributed by atoms with Crippen LogP contribution in [0.15, 0.2) is 29.2 Å². The van der Waals surface area contributed by atoms with Crippen molar-refractivity contribution in [2.24, 2.45) is 5.84 Å². The Labute approximate surface area is 96.1 Å². The van der Waals surface area contributed by atoms with Crippen molar-refractivity contribution in [3.8, 4) is 0 Å². The van der Waals surface area contributed by atoms with Crippen LogP contribution in [-0.4, -0.2) is 15.0 Å². The number of nitrogen functional groups attached to an aromatic ring is 1. The van der Waals surface area contributed by atoms with Gasteiger partial charge in [0.25, 0.3) is 0 Å². The van der Waals surface area contributed by atoms with Crippen LogP contribution >= 0.6 is 0 Å². The van der Waals surface area contributed by atoms with Crippen LogP contribution in [0, 0.1) is 0 Å². The fourth-order valence-electron chi connectivity index (χ4n) is 1.28. The predicted octanol–water partition coefficient (Wildman–Crippen LogP) is 1.05. The summed E-state index contributed by atoms with van der Waals surface area (Å²) in [5, 5.41) is 0. The fraction of sp³-hybridized carbons (Fsp3) is 0.400. The number of hydrogen-bond acceptors (Lipinski definition) is 4. The minimum Gasteiger partial charge on any atom is -0.323 e. The molecule has 0 atom stereocenters. The predicted molar refractivity (Wildman–Crippen MR) is 64.3 cm³/mol. The number of anilines is 1. The molecule has 0 aliphatic rings.